The Hall–Kier alpha value is -2.01. The number of ether oxygens (including phenoxy) is 2. The molecule has 2 fully saturated rings. The molecule has 0 radical (unpaired) electrons. The Morgan fingerprint density at radius 1 is 1.14 bits per heavy atom. The van der Waals surface area contributed by atoms with Gasteiger partial charge in [-0.3, -0.25) is 9.69 Å². The Morgan fingerprint density at radius 3 is 2.43 bits per heavy atom. The van der Waals surface area contributed by atoms with E-state index in [9.17, 15) is 14.4 Å². The van der Waals surface area contributed by atoms with Gasteiger partial charge in [-0.15, -0.1) is 5.10 Å². The molecule has 1 saturated heterocycles. The Morgan fingerprint density at radius 2 is 1.81 bits per heavy atom. The number of hydrogen-bond donors (Lipinski definition) is 1. The quantitative estimate of drug-likeness (QED) is 0.492. The summed E-state index contributed by atoms with van der Waals surface area (Å²) in [4.78, 5) is 42.3. The number of urea groups is 1. The van der Waals surface area contributed by atoms with E-state index >= 15 is 0 Å². The van der Waals surface area contributed by atoms with Gasteiger partial charge >= 0.3 is 12.1 Å². The largest absolute Gasteiger partial charge is 0.444 e. The lowest BCUT2D eigenvalue weighted by atomic mass is 9.96. The van der Waals surface area contributed by atoms with Crippen LogP contribution in [0.25, 0.3) is 0 Å². The van der Waals surface area contributed by atoms with Crippen LogP contribution in [0.1, 0.15) is 79.6 Å². The zero-order valence-corrected chi connectivity index (χ0v) is 24.0. The van der Waals surface area contributed by atoms with Crippen molar-refractivity contribution in [3.63, 3.8) is 0 Å². The predicted molar refractivity (Wildman–Crippen MR) is 145 cm³/mol. The molecule has 0 bridgehead atoms. The van der Waals surface area contributed by atoms with E-state index < -0.39 is 11.8 Å². The molecule has 2 heterocycles. The fourth-order valence-electron chi connectivity index (χ4n) is 4.55. The van der Waals surface area contributed by atoms with Gasteiger partial charge in [-0.1, -0.05) is 51.3 Å². The summed E-state index contributed by atoms with van der Waals surface area (Å²) in [5, 5.41) is 9.03. The molecule has 10 nitrogen and oxygen atoms in total. The fourth-order valence-corrected chi connectivity index (χ4v) is 5.37. The lowest BCUT2D eigenvalue weighted by Crippen LogP contribution is -2.50. The molecule has 3 aliphatic rings. The van der Waals surface area contributed by atoms with Crippen LogP contribution in [0.5, 0.6) is 0 Å². The maximum Gasteiger partial charge on any atom is 0.410 e. The lowest BCUT2D eigenvalue weighted by molar-refractivity contribution is -0.131. The highest BCUT2D eigenvalue weighted by Gasteiger charge is 2.39. The van der Waals surface area contributed by atoms with Crippen LogP contribution in [0.3, 0.4) is 0 Å². The molecule has 0 aromatic heterocycles. The first-order valence-electron chi connectivity index (χ1n) is 13.8. The molecule has 0 aromatic carbocycles. The zero-order valence-electron chi connectivity index (χ0n) is 23.2. The number of Topliss-reactive ketones (excluding diaryl/α,β-unsaturated/α-hetero) is 1. The first-order chi connectivity index (χ1) is 17.6. The van der Waals surface area contributed by atoms with Crippen molar-refractivity contribution in [2.75, 3.05) is 38.5 Å². The van der Waals surface area contributed by atoms with E-state index in [4.69, 9.17) is 9.47 Å². The van der Waals surface area contributed by atoms with E-state index in [-0.39, 0.29) is 29.9 Å². The topological polar surface area (TPSA) is 104 Å². The number of amides is 3. The van der Waals surface area contributed by atoms with E-state index in [1.807, 2.05) is 34.6 Å². The van der Waals surface area contributed by atoms with Crippen LogP contribution >= 0.6 is 11.8 Å². The van der Waals surface area contributed by atoms with Gasteiger partial charge in [-0.2, -0.15) is 5.01 Å². The minimum absolute atomic E-state index is 0.120. The molecule has 1 saturated carbocycles. The summed E-state index contributed by atoms with van der Waals surface area (Å²) in [6.45, 7) is 13.2. The number of piperazine rings is 1. The minimum Gasteiger partial charge on any atom is -0.444 e. The van der Waals surface area contributed by atoms with Gasteiger partial charge in [0.05, 0.1) is 0 Å². The van der Waals surface area contributed by atoms with Crippen LogP contribution in [-0.2, 0) is 14.3 Å². The number of hydrazone groups is 1. The minimum atomic E-state index is -1.00. The van der Waals surface area contributed by atoms with Crippen LogP contribution in [0.4, 0.5) is 9.59 Å². The maximum absolute atomic E-state index is 13.0. The van der Waals surface area contributed by atoms with Gasteiger partial charge in [0.15, 0.2) is 5.78 Å². The molecule has 3 rings (SSSR count). The Kier molecular flexibility index (Phi) is 10.9. The van der Waals surface area contributed by atoms with Gasteiger partial charge < -0.3 is 19.7 Å². The standard InChI is InChI=1S/C26H45N5O5S/c1-6-19(2)18-21(32)22-31(23(33)27-20-10-8-7-9-11-20)28-24(35-22)37-17-16-29-12-14-30(15-13-29)25(34)36-26(3,4)5/h19-20,22H,6-18H2,1-5H3,(H,27,33). The van der Waals surface area contributed by atoms with Gasteiger partial charge in [-0.25, -0.2) is 9.59 Å². The monoisotopic (exact) mass is 539 g/mol. The number of rotatable bonds is 8. The summed E-state index contributed by atoms with van der Waals surface area (Å²) in [7, 11) is 0. The molecule has 2 unspecified atom stereocenters. The number of hydrogen-bond acceptors (Lipinski definition) is 8. The normalized spacial score (nSPS) is 22.3. The van der Waals surface area contributed by atoms with E-state index in [1.165, 1.54) is 23.2 Å². The summed E-state index contributed by atoms with van der Waals surface area (Å²) < 4.78 is 11.4. The first kappa shape index (κ1) is 29.5. The third-order valence-corrected chi connectivity index (χ3v) is 7.76. The van der Waals surface area contributed by atoms with Gasteiger partial charge in [0.1, 0.15) is 5.60 Å². The van der Waals surface area contributed by atoms with Crippen LogP contribution in [-0.4, -0.2) is 94.3 Å². The average molecular weight is 540 g/mol. The lowest BCUT2D eigenvalue weighted by Gasteiger charge is -2.35. The number of carbonyl (C=O) groups excluding carboxylic acids is 3. The van der Waals surface area contributed by atoms with Crippen molar-refractivity contribution in [2.24, 2.45) is 11.0 Å². The number of thioether (sulfide) groups is 1. The van der Waals surface area contributed by atoms with Gasteiger partial charge in [-0.05, 0) is 39.5 Å². The highest BCUT2D eigenvalue weighted by molar-refractivity contribution is 8.13. The van der Waals surface area contributed by atoms with E-state index in [2.05, 4.69) is 15.3 Å². The fraction of sp³-hybridized carbons (Fsp3) is 0.846. The third-order valence-electron chi connectivity index (χ3n) is 6.94. The smallest absolute Gasteiger partial charge is 0.410 e. The van der Waals surface area contributed by atoms with Crippen molar-refractivity contribution in [1.29, 1.82) is 0 Å². The van der Waals surface area contributed by atoms with E-state index in [0.717, 1.165) is 51.7 Å². The van der Waals surface area contributed by atoms with Crippen LogP contribution < -0.4 is 5.32 Å². The summed E-state index contributed by atoms with van der Waals surface area (Å²) in [5.41, 5.74) is -0.498. The van der Waals surface area contributed by atoms with Gasteiger partial charge in [0.25, 0.3) is 11.5 Å². The highest BCUT2D eigenvalue weighted by atomic mass is 32.2. The van der Waals surface area contributed by atoms with E-state index in [1.54, 1.807) is 4.90 Å². The summed E-state index contributed by atoms with van der Waals surface area (Å²) >= 11 is 1.41. The number of nitrogens with one attached hydrogen (secondary N) is 1. The molecule has 210 valence electrons. The molecule has 0 aromatic rings. The second-order valence-electron chi connectivity index (χ2n) is 11.3. The summed E-state index contributed by atoms with van der Waals surface area (Å²) in [5.74, 6) is 0.802. The Labute approximate surface area is 225 Å². The molecular formula is C26H45N5O5S. The molecule has 2 aliphatic heterocycles. The average Bonchev–Trinajstić information content (AvgIpc) is 3.28. The molecule has 0 spiro atoms. The number of carbonyl (C=O) groups is 3. The maximum atomic E-state index is 13.0. The van der Waals surface area contributed by atoms with Crippen LogP contribution in [0, 0.1) is 5.92 Å². The van der Waals surface area contributed by atoms with Crippen molar-refractivity contribution in [1.82, 2.24) is 20.1 Å². The van der Waals surface area contributed by atoms with Crippen LogP contribution in [0.15, 0.2) is 5.10 Å². The van der Waals surface area contributed by atoms with Crippen molar-refractivity contribution >= 4 is 34.9 Å². The Balaban J connectivity index is 1.49. The van der Waals surface area contributed by atoms with Gasteiger partial charge in [0.2, 0.25) is 0 Å². The third kappa shape index (κ3) is 9.35. The zero-order chi connectivity index (χ0) is 27.0. The first-order valence-corrected chi connectivity index (χ1v) is 14.7. The predicted octanol–water partition coefficient (Wildman–Crippen LogP) is 4.25. The summed E-state index contributed by atoms with van der Waals surface area (Å²) in [6.07, 6.45) is 5.29. The molecule has 37 heavy (non-hydrogen) atoms. The van der Waals surface area contributed by atoms with Crippen molar-refractivity contribution in [3.05, 3.63) is 0 Å². The van der Waals surface area contributed by atoms with Crippen molar-refractivity contribution < 1.29 is 23.9 Å². The van der Waals surface area contributed by atoms with Crippen molar-refractivity contribution in [2.45, 2.75) is 97.4 Å². The second kappa shape index (κ2) is 13.7. The SMILES string of the molecule is CCC(C)CC(=O)C1OC(SCCN2CCN(C(=O)OC(C)(C)C)CC2)=NN1C(=O)NC1CCCCC1. The van der Waals surface area contributed by atoms with Gasteiger partial charge in [0, 0.05) is 50.9 Å². The number of ketones is 1. The highest BCUT2D eigenvalue weighted by Crippen LogP contribution is 2.25. The molecule has 1 aliphatic carbocycles. The second-order valence-corrected chi connectivity index (χ2v) is 12.4. The Bertz CT molecular complexity index is 819. The summed E-state index contributed by atoms with van der Waals surface area (Å²) in [6, 6.07) is -0.235. The molecule has 3 amide bonds. The molecular weight excluding hydrogens is 494 g/mol. The van der Waals surface area contributed by atoms with Crippen molar-refractivity contribution in [3.8, 4) is 0 Å². The van der Waals surface area contributed by atoms with Crippen LogP contribution in [0.2, 0.25) is 0 Å². The molecule has 11 heteroatoms. The number of nitrogens with zero attached hydrogens (tertiary/aromatic N) is 4. The van der Waals surface area contributed by atoms with E-state index in [0.29, 0.717) is 30.5 Å². The molecule has 1 N–H and O–H groups in total. The molecule has 2 atom stereocenters.